The van der Waals surface area contributed by atoms with Gasteiger partial charge in [0, 0.05) is 5.54 Å². The van der Waals surface area contributed by atoms with Crippen LogP contribution in [0.4, 0.5) is 0 Å². The highest BCUT2D eigenvalue weighted by molar-refractivity contribution is 5.90. The average Bonchev–Trinajstić information content (AvgIpc) is 3.21. The number of nitrogens with zero attached hydrogens (tertiary/aromatic N) is 2. The fraction of sp³-hybridized carbons (Fsp3) is 0.609. The summed E-state index contributed by atoms with van der Waals surface area (Å²) < 4.78 is 0. The lowest BCUT2D eigenvalue weighted by atomic mass is 9.72. The molecule has 2 saturated heterocycles. The highest BCUT2D eigenvalue weighted by Gasteiger charge is 2.66. The molecule has 2 unspecified atom stereocenters. The van der Waals surface area contributed by atoms with Crippen LogP contribution < -0.4 is 5.73 Å². The van der Waals surface area contributed by atoms with Crippen LogP contribution in [-0.2, 0) is 25.8 Å². The van der Waals surface area contributed by atoms with Gasteiger partial charge in [0.1, 0.15) is 12.6 Å². The molecule has 0 aromatic heterocycles. The van der Waals surface area contributed by atoms with Crippen LogP contribution in [0.3, 0.4) is 0 Å². The van der Waals surface area contributed by atoms with Crippen molar-refractivity contribution in [2.75, 3.05) is 6.54 Å². The van der Waals surface area contributed by atoms with Crippen molar-refractivity contribution in [2.45, 2.75) is 64.1 Å². The Morgan fingerprint density at radius 2 is 2.07 bits per heavy atom. The highest BCUT2D eigenvalue weighted by atomic mass is 16.7. The van der Waals surface area contributed by atoms with Crippen LogP contribution in [-0.4, -0.2) is 46.3 Å². The van der Waals surface area contributed by atoms with Gasteiger partial charge in [-0.3, -0.25) is 19.2 Å². The van der Waals surface area contributed by atoms with E-state index in [0.717, 1.165) is 37.7 Å². The maximum atomic E-state index is 13.6. The second-order valence-corrected chi connectivity index (χ2v) is 9.77. The van der Waals surface area contributed by atoms with Crippen molar-refractivity contribution in [3.05, 3.63) is 35.9 Å². The number of hydroxylamine groups is 2. The van der Waals surface area contributed by atoms with Gasteiger partial charge >= 0.3 is 0 Å². The third-order valence-electron chi connectivity index (χ3n) is 7.35. The number of hydrogen-bond acceptors (Lipinski definition) is 4. The Labute approximate surface area is 177 Å². The first-order chi connectivity index (χ1) is 14.3. The molecule has 3 amide bonds. The molecule has 1 spiro atoms. The highest BCUT2D eigenvalue weighted by Crippen LogP contribution is 2.59. The monoisotopic (exact) mass is 413 g/mol. The summed E-state index contributed by atoms with van der Waals surface area (Å²) in [5, 5.41) is 1.22. The maximum Gasteiger partial charge on any atom is 0.240 e. The van der Waals surface area contributed by atoms with Gasteiger partial charge in [0.2, 0.25) is 18.2 Å². The molecule has 0 radical (unpaired) electrons. The number of hydrogen-bond donors (Lipinski definition) is 1. The molecule has 2 heterocycles. The fourth-order valence-electron chi connectivity index (χ4n) is 6.32. The Kier molecular flexibility index (Phi) is 5.34. The van der Waals surface area contributed by atoms with Crippen molar-refractivity contribution in [1.82, 2.24) is 9.96 Å². The van der Waals surface area contributed by atoms with Crippen LogP contribution in [0.2, 0.25) is 0 Å². The number of rotatable bonds is 7. The molecule has 2 N–H and O–H groups in total. The zero-order chi connectivity index (χ0) is 21.5. The topological polar surface area (TPSA) is 92.9 Å². The summed E-state index contributed by atoms with van der Waals surface area (Å²) in [5.41, 5.74) is 6.11. The SMILES string of the molecule is CC1(C)CC23CCCC2C[C@H](CN(C=O)OCc2ccccc2)C(=O)N3[C@@H]1C(N)=O. The molecule has 3 aliphatic rings. The molecule has 1 aromatic rings. The Morgan fingerprint density at radius 1 is 1.33 bits per heavy atom. The number of benzene rings is 1. The molecule has 7 heteroatoms. The van der Waals surface area contributed by atoms with Gasteiger partial charge in [-0.2, -0.15) is 0 Å². The molecule has 1 saturated carbocycles. The molecule has 3 fully saturated rings. The summed E-state index contributed by atoms with van der Waals surface area (Å²) in [6.45, 7) is 4.51. The minimum absolute atomic E-state index is 0.0716. The number of piperidine rings is 1. The smallest absolute Gasteiger partial charge is 0.240 e. The van der Waals surface area contributed by atoms with Crippen molar-refractivity contribution < 1.29 is 19.2 Å². The predicted octanol–water partition coefficient (Wildman–Crippen LogP) is 2.25. The van der Waals surface area contributed by atoms with Crippen LogP contribution >= 0.6 is 0 Å². The quantitative estimate of drug-likeness (QED) is 0.548. The molecule has 162 valence electrons. The molecule has 1 aliphatic carbocycles. The molecule has 4 atom stereocenters. The van der Waals surface area contributed by atoms with Gasteiger partial charge in [-0.25, -0.2) is 5.06 Å². The molecular weight excluding hydrogens is 382 g/mol. The Bertz CT molecular complexity index is 827. The second-order valence-electron chi connectivity index (χ2n) is 9.77. The van der Waals surface area contributed by atoms with E-state index in [1.807, 2.05) is 49.1 Å². The zero-order valence-electron chi connectivity index (χ0n) is 17.8. The van der Waals surface area contributed by atoms with E-state index in [9.17, 15) is 14.4 Å². The summed E-state index contributed by atoms with van der Waals surface area (Å²) in [6.07, 6.45) is 5.16. The molecule has 4 rings (SSSR count). The van der Waals surface area contributed by atoms with Gasteiger partial charge in [-0.1, -0.05) is 50.6 Å². The molecule has 0 bridgehead atoms. The lowest BCUT2D eigenvalue weighted by molar-refractivity contribution is -0.187. The van der Waals surface area contributed by atoms with Gasteiger partial charge < -0.3 is 10.6 Å². The minimum Gasteiger partial charge on any atom is -0.368 e. The van der Waals surface area contributed by atoms with E-state index in [-0.39, 0.29) is 30.0 Å². The van der Waals surface area contributed by atoms with E-state index in [1.54, 1.807) is 0 Å². The number of primary amides is 1. The molecule has 7 nitrogen and oxygen atoms in total. The van der Waals surface area contributed by atoms with E-state index in [1.165, 1.54) is 5.06 Å². The van der Waals surface area contributed by atoms with Crippen molar-refractivity contribution in [2.24, 2.45) is 23.0 Å². The van der Waals surface area contributed by atoms with Gasteiger partial charge in [-0.05, 0) is 42.6 Å². The Hall–Kier alpha value is -2.41. The average molecular weight is 414 g/mol. The third kappa shape index (κ3) is 3.39. The number of carbonyl (C=O) groups excluding carboxylic acids is 3. The Morgan fingerprint density at radius 3 is 2.73 bits per heavy atom. The zero-order valence-corrected chi connectivity index (χ0v) is 17.8. The van der Waals surface area contributed by atoms with Crippen molar-refractivity contribution in [3.63, 3.8) is 0 Å². The first-order valence-electron chi connectivity index (χ1n) is 10.8. The lowest BCUT2D eigenvalue weighted by Crippen LogP contribution is -2.62. The van der Waals surface area contributed by atoms with Gasteiger partial charge in [-0.15, -0.1) is 0 Å². The van der Waals surface area contributed by atoms with Crippen LogP contribution in [0, 0.1) is 17.3 Å². The minimum atomic E-state index is -0.608. The fourth-order valence-corrected chi connectivity index (χ4v) is 6.32. The molecule has 30 heavy (non-hydrogen) atoms. The number of nitrogens with two attached hydrogens (primary N) is 1. The van der Waals surface area contributed by atoms with Crippen molar-refractivity contribution in [1.29, 1.82) is 0 Å². The van der Waals surface area contributed by atoms with Gasteiger partial charge in [0.25, 0.3) is 0 Å². The van der Waals surface area contributed by atoms with Crippen LogP contribution in [0.1, 0.15) is 51.5 Å². The normalized spacial score (nSPS) is 31.9. The van der Waals surface area contributed by atoms with Gasteiger partial charge in [0.05, 0.1) is 12.5 Å². The van der Waals surface area contributed by atoms with E-state index in [0.29, 0.717) is 12.3 Å². The molecular formula is C23H31N3O4. The summed E-state index contributed by atoms with van der Waals surface area (Å²) in [5.74, 6) is -0.578. The summed E-state index contributed by atoms with van der Waals surface area (Å²) in [7, 11) is 0. The summed E-state index contributed by atoms with van der Waals surface area (Å²) in [4.78, 5) is 45.1. The number of carbonyl (C=O) groups is 3. The summed E-state index contributed by atoms with van der Waals surface area (Å²) in [6, 6.07) is 8.98. The van der Waals surface area contributed by atoms with Crippen LogP contribution in [0.15, 0.2) is 30.3 Å². The first kappa shape index (κ1) is 20.8. The lowest BCUT2D eigenvalue weighted by Gasteiger charge is -2.49. The maximum absolute atomic E-state index is 13.6. The Balaban J connectivity index is 1.53. The second kappa shape index (κ2) is 7.69. The van der Waals surface area contributed by atoms with E-state index in [4.69, 9.17) is 10.6 Å². The predicted molar refractivity (Wildman–Crippen MR) is 110 cm³/mol. The van der Waals surface area contributed by atoms with E-state index < -0.39 is 17.9 Å². The van der Waals surface area contributed by atoms with Crippen LogP contribution in [0.25, 0.3) is 0 Å². The van der Waals surface area contributed by atoms with Crippen molar-refractivity contribution in [3.8, 4) is 0 Å². The van der Waals surface area contributed by atoms with Gasteiger partial charge in [0.15, 0.2) is 0 Å². The van der Waals surface area contributed by atoms with Crippen molar-refractivity contribution >= 4 is 18.2 Å². The standard InChI is InChI=1S/C23H31N3O4/c1-22(2)14-23-10-6-9-18(23)11-17(21(29)26(23)19(22)20(24)28)12-25(15-27)30-13-16-7-4-3-5-8-16/h3-5,7-8,15,17-19H,6,9-14H2,1-2H3,(H2,24,28)/t17-,18?,19-,23?/m1/s1. The number of amides is 3. The molecule has 1 aromatic carbocycles. The van der Waals surface area contributed by atoms with E-state index in [2.05, 4.69) is 0 Å². The largest absolute Gasteiger partial charge is 0.368 e. The third-order valence-corrected chi connectivity index (χ3v) is 7.35. The summed E-state index contributed by atoms with van der Waals surface area (Å²) >= 11 is 0. The van der Waals surface area contributed by atoms with Crippen LogP contribution in [0.5, 0.6) is 0 Å². The van der Waals surface area contributed by atoms with E-state index >= 15 is 0 Å². The first-order valence-corrected chi connectivity index (χ1v) is 10.8. The molecule has 2 aliphatic heterocycles.